The third kappa shape index (κ3) is 8.32. The Morgan fingerprint density at radius 2 is 1.43 bits per heavy atom. The van der Waals surface area contributed by atoms with E-state index in [4.69, 9.17) is 28.8 Å². The van der Waals surface area contributed by atoms with E-state index < -0.39 is 23.8 Å². The van der Waals surface area contributed by atoms with Crippen molar-refractivity contribution in [2.24, 2.45) is 0 Å². The van der Waals surface area contributed by atoms with Crippen molar-refractivity contribution in [1.29, 1.82) is 0 Å². The molecule has 7 nitrogen and oxygen atoms in total. The Bertz CT molecular complexity index is 1150. The van der Waals surface area contributed by atoms with Crippen molar-refractivity contribution in [2.45, 2.75) is 25.1 Å². The molecule has 0 radical (unpaired) electrons. The van der Waals surface area contributed by atoms with Crippen molar-refractivity contribution < 1.29 is 46.8 Å². The first-order valence-electron chi connectivity index (χ1n) is 11.3. The van der Waals surface area contributed by atoms with E-state index in [9.17, 15) is 18.0 Å². The van der Waals surface area contributed by atoms with Crippen molar-refractivity contribution in [1.82, 2.24) is 0 Å². The highest BCUT2D eigenvalue weighted by molar-refractivity contribution is 5.72. The molecule has 37 heavy (non-hydrogen) atoms. The molecule has 0 saturated carbocycles. The number of alkyl halides is 3. The van der Waals surface area contributed by atoms with E-state index in [-0.39, 0.29) is 6.42 Å². The molecule has 0 heterocycles. The van der Waals surface area contributed by atoms with Crippen LogP contribution in [0.4, 0.5) is 13.2 Å². The van der Waals surface area contributed by atoms with E-state index >= 15 is 0 Å². The lowest BCUT2D eigenvalue weighted by molar-refractivity contribution is -0.148. The van der Waals surface area contributed by atoms with Gasteiger partial charge in [0.05, 0.1) is 25.9 Å². The largest absolute Gasteiger partial charge is 0.493 e. The van der Waals surface area contributed by atoms with Gasteiger partial charge in [-0.25, -0.2) is 4.79 Å². The Morgan fingerprint density at radius 3 is 2.00 bits per heavy atom. The summed E-state index contributed by atoms with van der Waals surface area (Å²) in [4.78, 5) is 11.2. The first-order valence-corrected chi connectivity index (χ1v) is 11.3. The lowest BCUT2D eigenvalue weighted by Crippen LogP contribution is -2.24. The zero-order valence-electron chi connectivity index (χ0n) is 20.3. The lowest BCUT2D eigenvalue weighted by atomic mass is 10.1. The van der Waals surface area contributed by atoms with Crippen LogP contribution in [-0.2, 0) is 22.1 Å². The van der Waals surface area contributed by atoms with E-state index in [1.165, 1.54) is 26.4 Å². The molecule has 0 amide bonds. The summed E-state index contributed by atoms with van der Waals surface area (Å²) in [7, 11) is 2.85. The molecular formula is C27H27F3O7. The highest BCUT2D eigenvalue weighted by Crippen LogP contribution is 2.32. The molecule has 0 aromatic heterocycles. The topological polar surface area (TPSA) is 83.5 Å². The Labute approximate surface area is 212 Å². The Kier molecular flexibility index (Phi) is 9.62. The molecule has 0 spiro atoms. The molecule has 0 aliphatic heterocycles. The maximum Gasteiger partial charge on any atom is 0.416 e. The van der Waals surface area contributed by atoms with Gasteiger partial charge in [0.25, 0.3) is 0 Å². The minimum atomic E-state index is -4.39. The maximum absolute atomic E-state index is 12.7. The number of carbonyl (C=O) groups is 1. The Hall–Kier alpha value is -3.92. The van der Waals surface area contributed by atoms with Gasteiger partial charge in [-0.05, 0) is 66.2 Å². The quantitative estimate of drug-likeness (QED) is 0.277. The number of carboxylic acid groups (broad SMARTS) is 1. The number of halogens is 3. The summed E-state index contributed by atoms with van der Waals surface area (Å²) in [6.07, 6.45) is -4.56. The van der Waals surface area contributed by atoms with E-state index in [1.54, 1.807) is 42.5 Å². The molecule has 3 aromatic carbocycles. The third-order valence-electron chi connectivity index (χ3n) is 5.27. The predicted molar refractivity (Wildman–Crippen MR) is 129 cm³/mol. The van der Waals surface area contributed by atoms with Crippen LogP contribution in [0.5, 0.6) is 28.7 Å². The first kappa shape index (κ1) is 27.7. The van der Waals surface area contributed by atoms with Gasteiger partial charge in [0.15, 0.2) is 17.6 Å². The summed E-state index contributed by atoms with van der Waals surface area (Å²) in [6.45, 7) is 0.744. The van der Waals surface area contributed by atoms with Crippen molar-refractivity contribution in [3.63, 3.8) is 0 Å². The second-order valence-corrected chi connectivity index (χ2v) is 7.90. The summed E-state index contributed by atoms with van der Waals surface area (Å²) in [5, 5.41) is 9.14. The fraction of sp³-hybridized carbons (Fsp3) is 0.296. The average Bonchev–Trinajstić information content (AvgIpc) is 2.88. The van der Waals surface area contributed by atoms with Gasteiger partial charge < -0.3 is 28.8 Å². The molecule has 0 aliphatic rings. The van der Waals surface area contributed by atoms with Crippen LogP contribution in [-0.4, -0.2) is 44.6 Å². The molecule has 0 fully saturated rings. The predicted octanol–water partition coefficient (Wildman–Crippen LogP) is 6.00. The number of hydrogen-bond acceptors (Lipinski definition) is 6. The first-order chi connectivity index (χ1) is 17.7. The van der Waals surface area contributed by atoms with Gasteiger partial charge >= 0.3 is 12.1 Å². The Balaban J connectivity index is 1.43. The molecule has 0 bridgehead atoms. The zero-order chi connectivity index (χ0) is 26.8. The number of carboxylic acids is 1. The molecule has 0 saturated heterocycles. The van der Waals surface area contributed by atoms with Crippen LogP contribution in [0.2, 0.25) is 0 Å². The van der Waals surface area contributed by atoms with Crippen molar-refractivity contribution in [3.05, 3.63) is 77.9 Å². The summed E-state index contributed by atoms with van der Waals surface area (Å²) in [5.74, 6) is 1.34. The summed E-state index contributed by atoms with van der Waals surface area (Å²) in [6, 6.07) is 16.4. The molecule has 3 aromatic rings. The van der Waals surface area contributed by atoms with Crippen LogP contribution < -0.4 is 18.9 Å². The van der Waals surface area contributed by atoms with Crippen LogP contribution in [0.15, 0.2) is 66.7 Å². The zero-order valence-corrected chi connectivity index (χ0v) is 20.3. The van der Waals surface area contributed by atoms with Crippen LogP contribution in [0, 0.1) is 0 Å². The van der Waals surface area contributed by atoms with E-state index in [2.05, 4.69) is 0 Å². The fourth-order valence-electron chi connectivity index (χ4n) is 3.33. The van der Waals surface area contributed by atoms with Crippen LogP contribution in [0.1, 0.15) is 17.5 Å². The standard InChI is InChI=1S/C27H27F3O7/c1-33-24-16-18(17-25(34-2)26(31)32)4-13-23(24)36-15-3-14-35-20-9-11-22(12-10-20)37-21-7-5-19(6-8-21)27(28,29)30/h4-13,16,25H,3,14-15,17H2,1-2H3,(H,31,32). The molecule has 1 N–H and O–H groups in total. The second kappa shape index (κ2) is 12.9. The summed E-state index contributed by atoms with van der Waals surface area (Å²) in [5.41, 5.74) is 0.00604. The molecular weight excluding hydrogens is 493 g/mol. The normalized spacial score (nSPS) is 12.0. The lowest BCUT2D eigenvalue weighted by Gasteiger charge is -2.14. The monoisotopic (exact) mass is 520 g/mol. The number of ether oxygens (including phenoxy) is 5. The van der Waals surface area contributed by atoms with Crippen LogP contribution in [0.3, 0.4) is 0 Å². The van der Waals surface area contributed by atoms with Gasteiger partial charge in [0.1, 0.15) is 17.2 Å². The smallest absolute Gasteiger partial charge is 0.416 e. The third-order valence-corrected chi connectivity index (χ3v) is 5.27. The number of benzene rings is 3. The van der Waals surface area contributed by atoms with Crippen molar-refractivity contribution >= 4 is 5.97 Å². The minimum Gasteiger partial charge on any atom is -0.493 e. The average molecular weight is 521 g/mol. The van der Waals surface area contributed by atoms with Gasteiger partial charge in [-0.2, -0.15) is 13.2 Å². The highest BCUT2D eigenvalue weighted by atomic mass is 19.4. The van der Waals surface area contributed by atoms with Gasteiger partial charge in [-0.15, -0.1) is 0 Å². The van der Waals surface area contributed by atoms with E-state index in [0.29, 0.717) is 48.4 Å². The van der Waals surface area contributed by atoms with E-state index in [1.807, 2.05) is 0 Å². The van der Waals surface area contributed by atoms with E-state index in [0.717, 1.165) is 17.7 Å². The van der Waals surface area contributed by atoms with Gasteiger partial charge in [-0.3, -0.25) is 0 Å². The molecule has 0 aliphatic carbocycles. The van der Waals surface area contributed by atoms with Crippen LogP contribution in [0.25, 0.3) is 0 Å². The molecule has 1 atom stereocenters. The number of rotatable bonds is 13. The van der Waals surface area contributed by atoms with Crippen LogP contribution >= 0.6 is 0 Å². The number of hydrogen-bond donors (Lipinski definition) is 1. The Morgan fingerprint density at radius 1 is 0.838 bits per heavy atom. The number of methoxy groups -OCH3 is 2. The highest BCUT2D eigenvalue weighted by Gasteiger charge is 2.30. The molecule has 10 heteroatoms. The summed E-state index contributed by atoms with van der Waals surface area (Å²) < 4.78 is 65.3. The summed E-state index contributed by atoms with van der Waals surface area (Å²) >= 11 is 0. The van der Waals surface area contributed by atoms with Crippen molar-refractivity contribution in [2.75, 3.05) is 27.4 Å². The van der Waals surface area contributed by atoms with Gasteiger partial charge in [-0.1, -0.05) is 6.07 Å². The van der Waals surface area contributed by atoms with Crippen molar-refractivity contribution in [3.8, 4) is 28.7 Å². The fourth-order valence-corrected chi connectivity index (χ4v) is 3.33. The molecule has 3 rings (SSSR count). The minimum absolute atomic E-state index is 0.199. The molecule has 1 unspecified atom stereocenters. The molecule has 198 valence electrons. The van der Waals surface area contributed by atoms with Gasteiger partial charge in [0.2, 0.25) is 0 Å². The second-order valence-electron chi connectivity index (χ2n) is 7.90. The maximum atomic E-state index is 12.7. The SMILES string of the molecule is COc1cc(CC(OC)C(=O)O)ccc1OCCCOc1ccc(Oc2ccc(C(F)(F)F)cc2)cc1. The van der Waals surface area contributed by atoms with Gasteiger partial charge in [0, 0.05) is 20.0 Å². The number of aliphatic carboxylic acids is 1.